The molecule has 1 heterocycles. The highest BCUT2D eigenvalue weighted by molar-refractivity contribution is 5.77. The van der Waals surface area contributed by atoms with Crippen LogP contribution in [0.3, 0.4) is 0 Å². The van der Waals surface area contributed by atoms with Gasteiger partial charge in [-0.1, -0.05) is 24.3 Å². The Morgan fingerprint density at radius 1 is 1.47 bits per heavy atom. The zero-order chi connectivity index (χ0) is 12.3. The summed E-state index contributed by atoms with van der Waals surface area (Å²) < 4.78 is 0. The lowest BCUT2D eigenvalue weighted by molar-refractivity contribution is 0.209. The summed E-state index contributed by atoms with van der Waals surface area (Å²) in [5.74, 6) is 0. The predicted molar refractivity (Wildman–Crippen MR) is 65.7 cm³/mol. The molecular formula is C13H18N2O2. The van der Waals surface area contributed by atoms with Crippen molar-refractivity contribution in [3.63, 3.8) is 0 Å². The third-order valence-corrected chi connectivity index (χ3v) is 3.14. The summed E-state index contributed by atoms with van der Waals surface area (Å²) in [4.78, 5) is 13.5. The molecule has 1 aromatic rings. The maximum Gasteiger partial charge on any atom is 0.318 e. The fourth-order valence-corrected chi connectivity index (χ4v) is 2.20. The van der Waals surface area contributed by atoms with E-state index in [1.165, 1.54) is 11.1 Å². The average Bonchev–Trinajstić information content (AvgIpc) is 2.68. The maximum absolute atomic E-state index is 11.7. The van der Waals surface area contributed by atoms with Gasteiger partial charge in [0.1, 0.15) is 0 Å². The summed E-state index contributed by atoms with van der Waals surface area (Å²) in [5.41, 5.74) is 2.37. The van der Waals surface area contributed by atoms with Gasteiger partial charge >= 0.3 is 6.03 Å². The number of aryl methyl sites for hydroxylation is 1. The van der Waals surface area contributed by atoms with Crippen molar-refractivity contribution in [2.75, 3.05) is 19.7 Å². The number of urea groups is 1. The molecule has 1 aromatic carbocycles. The summed E-state index contributed by atoms with van der Waals surface area (Å²) in [6.45, 7) is 3.48. The molecule has 0 aromatic heterocycles. The summed E-state index contributed by atoms with van der Waals surface area (Å²) in [6, 6.07) is 8.13. The van der Waals surface area contributed by atoms with E-state index in [1.54, 1.807) is 4.90 Å². The van der Waals surface area contributed by atoms with Crippen molar-refractivity contribution in [1.29, 1.82) is 0 Å². The molecule has 0 saturated carbocycles. The molecule has 1 fully saturated rings. The average molecular weight is 234 g/mol. The first-order chi connectivity index (χ1) is 8.22. The first-order valence-corrected chi connectivity index (χ1v) is 5.94. The smallest absolute Gasteiger partial charge is 0.318 e. The van der Waals surface area contributed by atoms with Crippen LogP contribution in [-0.2, 0) is 0 Å². The molecule has 4 heteroatoms. The normalized spacial score (nSPS) is 19.5. The monoisotopic (exact) mass is 234 g/mol. The summed E-state index contributed by atoms with van der Waals surface area (Å²) in [5, 5.41) is 11.8. The van der Waals surface area contributed by atoms with E-state index in [0.29, 0.717) is 19.5 Å². The molecule has 0 spiro atoms. The molecule has 0 radical (unpaired) electrons. The van der Waals surface area contributed by atoms with Gasteiger partial charge in [-0.2, -0.15) is 0 Å². The summed E-state index contributed by atoms with van der Waals surface area (Å²) in [6.07, 6.45) is 0.633. The van der Waals surface area contributed by atoms with E-state index in [-0.39, 0.29) is 18.7 Å². The lowest BCUT2D eigenvalue weighted by Crippen LogP contribution is -2.29. The van der Waals surface area contributed by atoms with Crippen LogP contribution in [0.25, 0.3) is 0 Å². The molecule has 2 N–H and O–H groups in total. The van der Waals surface area contributed by atoms with Gasteiger partial charge in [0, 0.05) is 19.7 Å². The van der Waals surface area contributed by atoms with E-state index in [0.717, 1.165) is 0 Å². The number of carbonyl (C=O) groups is 1. The molecular weight excluding hydrogens is 216 g/mol. The SMILES string of the molecule is Cc1ccccc1C1CN(CCCO)C(=O)N1. The number of aliphatic hydroxyl groups excluding tert-OH is 1. The number of hydrogen-bond donors (Lipinski definition) is 2. The van der Waals surface area contributed by atoms with Gasteiger partial charge in [0.05, 0.1) is 6.04 Å². The molecule has 1 atom stereocenters. The van der Waals surface area contributed by atoms with Crippen LogP contribution < -0.4 is 5.32 Å². The van der Waals surface area contributed by atoms with Gasteiger partial charge in [0.15, 0.2) is 0 Å². The Morgan fingerprint density at radius 3 is 2.94 bits per heavy atom. The highest BCUT2D eigenvalue weighted by Gasteiger charge is 2.29. The molecule has 4 nitrogen and oxygen atoms in total. The largest absolute Gasteiger partial charge is 0.396 e. The number of hydrogen-bond acceptors (Lipinski definition) is 2. The van der Waals surface area contributed by atoms with Crippen LogP contribution in [0.15, 0.2) is 24.3 Å². The number of carbonyl (C=O) groups excluding carboxylic acids is 1. The Bertz CT molecular complexity index is 406. The first-order valence-electron chi connectivity index (χ1n) is 5.94. The molecule has 1 unspecified atom stereocenters. The molecule has 17 heavy (non-hydrogen) atoms. The number of nitrogens with zero attached hydrogens (tertiary/aromatic N) is 1. The number of benzene rings is 1. The highest BCUT2D eigenvalue weighted by Crippen LogP contribution is 2.22. The van der Waals surface area contributed by atoms with Crippen molar-refractivity contribution in [3.8, 4) is 0 Å². The second kappa shape index (κ2) is 5.19. The third-order valence-electron chi connectivity index (χ3n) is 3.14. The van der Waals surface area contributed by atoms with Crippen LogP contribution in [0, 0.1) is 6.92 Å². The topological polar surface area (TPSA) is 52.6 Å². The van der Waals surface area contributed by atoms with E-state index < -0.39 is 0 Å². The van der Waals surface area contributed by atoms with Crippen molar-refractivity contribution in [1.82, 2.24) is 10.2 Å². The molecule has 2 amide bonds. The Hall–Kier alpha value is -1.55. The zero-order valence-electron chi connectivity index (χ0n) is 10.0. The molecule has 0 bridgehead atoms. The minimum atomic E-state index is -0.0355. The van der Waals surface area contributed by atoms with Crippen molar-refractivity contribution in [2.24, 2.45) is 0 Å². The highest BCUT2D eigenvalue weighted by atomic mass is 16.3. The molecule has 1 aliphatic rings. The Labute approximate surface area is 101 Å². The minimum Gasteiger partial charge on any atom is -0.396 e. The first kappa shape index (κ1) is 11.9. The van der Waals surface area contributed by atoms with Gasteiger partial charge in [-0.25, -0.2) is 4.79 Å². The zero-order valence-corrected chi connectivity index (χ0v) is 10.0. The van der Waals surface area contributed by atoms with Gasteiger partial charge in [-0.05, 0) is 24.5 Å². The second-order valence-electron chi connectivity index (χ2n) is 4.38. The van der Waals surface area contributed by atoms with Crippen molar-refractivity contribution >= 4 is 6.03 Å². The minimum absolute atomic E-state index is 0.0355. The number of rotatable bonds is 4. The Balaban J connectivity index is 2.06. The van der Waals surface area contributed by atoms with Crippen molar-refractivity contribution in [3.05, 3.63) is 35.4 Å². The summed E-state index contributed by atoms with van der Waals surface area (Å²) >= 11 is 0. The Morgan fingerprint density at radius 2 is 2.24 bits per heavy atom. The van der Waals surface area contributed by atoms with Crippen LogP contribution in [0.2, 0.25) is 0 Å². The predicted octanol–water partition coefficient (Wildman–Crippen LogP) is 1.44. The number of amides is 2. The third kappa shape index (κ3) is 2.58. The Kier molecular flexibility index (Phi) is 3.64. The van der Waals surface area contributed by atoms with E-state index in [1.807, 2.05) is 12.1 Å². The van der Waals surface area contributed by atoms with Crippen LogP contribution in [0.5, 0.6) is 0 Å². The number of nitrogens with one attached hydrogen (secondary N) is 1. The van der Waals surface area contributed by atoms with E-state index >= 15 is 0 Å². The fourth-order valence-electron chi connectivity index (χ4n) is 2.20. The fraction of sp³-hybridized carbons (Fsp3) is 0.462. The van der Waals surface area contributed by atoms with Gasteiger partial charge in [-0.15, -0.1) is 0 Å². The van der Waals surface area contributed by atoms with E-state index in [2.05, 4.69) is 24.4 Å². The van der Waals surface area contributed by atoms with Gasteiger partial charge in [0.2, 0.25) is 0 Å². The van der Waals surface area contributed by atoms with E-state index in [4.69, 9.17) is 5.11 Å². The lowest BCUT2D eigenvalue weighted by Gasteiger charge is -2.14. The standard InChI is InChI=1S/C13H18N2O2/c1-10-5-2-3-6-11(10)12-9-15(7-4-8-16)13(17)14-12/h2-3,5-6,12,16H,4,7-9H2,1H3,(H,14,17). The molecule has 2 rings (SSSR count). The molecule has 1 aliphatic heterocycles. The van der Waals surface area contributed by atoms with Crippen molar-refractivity contribution in [2.45, 2.75) is 19.4 Å². The summed E-state index contributed by atoms with van der Waals surface area (Å²) in [7, 11) is 0. The van der Waals surface area contributed by atoms with Crippen LogP contribution in [0.1, 0.15) is 23.6 Å². The van der Waals surface area contributed by atoms with Crippen molar-refractivity contribution < 1.29 is 9.90 Å². The maximum atomic E-state index is 11.7. The van der Waals surface area contributed by atoms with Gasteiger partial charge in [-0.3, -0.25) is 0 Å². The van der Waals surface area contributed by atoms with Crippen LogP contribution in [-0.4, -0.2) is 35.7 Å². The molecule has 92 valence electrons. The van der Waals surface area contributed by atoms with Gasteiger partial charge < -0.3 is 15.3 Å². The van der Waals surface area contributed by atoms with Crippen LogP contribution in [0.4, 0.5) is 4.79 Å². The van der Waals surface area contributed by atoms with Gasteiger partial charge in [0.25, 0.3) is 0 Å². The molecule has 1 saturated heterocycles. The quantitative estimate of drug-likeness (QED) is 0.828. The van der Waals surface area contributed by atoms with E-state index in [9.17, 15) is 4.79 Å². The number of aliphatic hydroxyl groups is 1. The lowest BCUT2D eigenvalue weighted by atomic mass is 10.0. The molecule has 0 aliphatic carbocycles. The second-order valence-corrected chi connectivity index (χ2v) is 4.38. The van der Waals surface area contributed by atoms with Crippen LogP contribution >= 0.6 is 0 Å².